The zero-order valence-corrected chi connectivity index (χ0v) is 16.5. The lowest BCUT2D eigenvalue weighted by atomic mass is 10.0. The van der Waals surface area contributed by atoms with Gasteiger partial charge in [0.25, 0.3) is 0 Å². The summed E-state index contributed by atoms with van der Waals surface area (Å²) in [5.74, 6) is 0. The summed E-state index contributed by atoms with van der Waals surface area (Å²) in [5, 5.41) is 9.40. The van der Waals surface area contributed by atoms with E-state index in [1.165, 1.54) is 27.8 Å². The number of hydrogen-bond acceptors (Lipinski definition) is 3. The van der Waals surface area contributed by atoms with Crippen molar-refractivity contribution < 1.29 is 5.11 Å². The van der Waals surface area contributed by atoms with Crippen molar-refractivity contribution in [1.29, 1.82) is 0 Å². The van der Waals surface area contributed by atoms with Gasteiger partial charge in [-0.05, 0) is 41.7 Å². The van der Waals surface area contributed by atoms with Crippen LogP contribution in [0.4, 0.5) is 0 Å². The summed E-state index contributed by atoms with van der Waals surface area (Å²) < 4.78 is 0. The van der Waals surface area contributed by atoms with E-state index in [0.29, 0.717) is 6.54 Å². The molecule has 1 N–H and O–H groups in total. The van der Waals surface area contributed by atoms with E-state index >= 15 is 0 Å². The molecule has 1 heterocycles. The van der Waals surface area contributed by atoms with Crippen LogP contribution >= 0.6 is 0 Å². The second-order valence-electron chi connectivity index (χ2n) is 7.19. The third-order valence-electron chi connectivity index (χ3n) is 4.66. The van der Waals surface area contributed by atoms with Crippen molar-refractivity contribution in [3.05, 3.63) is 107 Å². The van der Waals surface area contributed by atoms with Crippen molar-refractivity contribution in [2.75, 3.05) is 19.7 Å². The molecule has 3 heteroatoms. The van der Waals surface area contributed by atoms with E-state index in [0.717, 1.165) is 19.5 Å². The van der Waals surface area contributed by atoms with Crippen LogP contribution in [0.5, 0.6) is 0 Å². The predicted molar refractivity (Wildman–Crippen MR) is 116 cm³/mol. The summed E-state index contributed by atoms with van der Waals surface area (Å²) in [6, 6.07) is 23.2. The number of nitrogens with zero attached hydrogens (tertiary/aromatic N) is 2. The van der Waals surface area contributed by atoms with E-state index in [2.05, 4.69) is 77.5 Å². The van der Waals surface area contributed by atoms with Gasteiger partial charge >= 0.3 is 0 Å². The second-order valence-corrected chi connectivity index (χ2v) is 7.19. The predicted octanol–water partition coefficient (Wildman–Crippen LogP) is 4.57. The molecule has 0 aliphatic carbocycles. The Morgan fingerprint density at radius 3 is 2.36 bits per heavy atom. The molecule has 0 amide bonds. The normalized spacial score (nSPS) is 11.8. The Bertz CT molecular complexity index is 858. The minimum atomic E-state index is 0.170. The fourth-order valence-corrected chi connectivity index (χ4v) is 3.35. The molecule has 0 radical (unpaired) electrons. The monoisotopic (exact) mass is 372 g/mol. The quantitative estimate of drug-likeness (QED) is 0.598. The maximum absolute atomic E-state index is 9.40. The number of aromatic nitrogens is 1. The van der Waals surface area contributed by atoms with Gasteiger partial charge in [-0.1, -0.05) is 72.3 Å². The van der Waals surface area contributed by atoms with Gasteiger partial charge in [0.05, 0.1) is 6.61 Å². The Labute approximate surface area is 168 Å². The molecule has 0 aliphatic heterocycles. The molecule has 3 aromatic rings. The molecule has 0 unspecified atom stereocenters. The van der Waals surface area contributed by atoms with Crippen LogP contribution in [0.15, 0.2) is 84.7 Å². The van der Waals surface area contributed by atoms with Gasteiger partial charge in [-0.25, -0.2) is 0 Å². The van der Waals surface area contributed by atoms with Gasteiger partial charge in [0.2, 0.25) is 0 Å². The average Bonchev–Trinajstić information content (AvgIpc) is 2.71. The number of aliphatic hydroxyl groups excluding tert-OH is 1. The van der Waals surface area contributed by atoms with E-state index < -0.39 is 0 Å². The maximum atomic E-state index is 9.40. The first-order valence-electron chi connectivity index (χ1n) is 9.75. The lowest BCUT2D eigenvalue weighted by molar-refractivity contribution is 0.201. The third-order valence-corrected chi connectivity index (χ3v) is 4.66. The van der Waals surface area contributed by atoms with Gasteiger partial charge in [-0.3, -0.25) is 9.88 Å². The topological polar surface area (TPSA) is 36.4 Å². The standard InChI is InChI=1S/C25H28N2O/c1-21(19-27(14-15-28)20-24-6-3-2-4-7-24)16-22-9-11-23(12-10-22)17-25-8-5-13-26-18-25/h2-13,16,18,28H,14-15,17,19-20H2,1H3. The largest absolute Gasteiger partial charge is 0.395 e. The SMILES string of the molecule is CC(=Cc1ccc(Cc2cccnc2)cc1)CN(CCO)Cc1ccccc1. The molecule has 0 fully saturated rings. The highest BCUT2D eigenvalue weighted by Gasteiger charge is 2.06. The van der Waals surface area contributed by atoms with Gasteiger partial charge in [-0.15, -0.1) is 0 Å². The Morgan fingerprint density at radius 1 is 0.929 bits per heavy atom. The molecule has 0 aliphatic rings. The highest BCUT2D eigenvalue weighted by atomic mass is 16.3. The minimum absolute atomic E-state index is 0.170. The van der Waals surface area contributed by atoms with E-state index in [4.69, 9.17) is 0 Å². The number of hydrogen-bond donors (Lipinski definition) is 1. The first kappa shape index (κ1) is 20.0. The van der Waals surface area contributed by atoms with Crippen LogP contribution in [-0.2, 0) is 13.0 Å². The molecule has 3 rings (SSSR count). The smallest absolute Gasteiger partial charge is 0.0558 e. The molecule has 1 aromatic heterocycles. The van der Waals surface area contributed by atoms with Gasteiger partial charge in [0, 0.05) is 32.0 Å². The van der Waals surface area contributed by atoms with Gasteiger partial charge in [0.15, 0.2) is 0 Å². The highest BCUT2D eigenvalue weighted by Crippen LogP contribution is 2.14. The van der Waals surface area contributed by atoms with Crippen molar-refractivity contribution in [1.82, 2.24) is 9.88 Å². The molecule has 0 saturated carbocycles. The summed E-state index contributed by atoms with van der Waals surface area (Å²) >= 11 is 0. The molecule has 0 saturated heterocycles. The Morgan fingerprint density at radius 2 is 1.68 bits per heavy atom. The van der Waals surface area contributed by atoms with E-state index in [1.807, 2.05) is 18.3 Å². The fraction of sp³-hybridized carbons (Fsp3) is 0.240. The highest BCUT2D eigenvalue weighted by molar-refractivity contribution is 5.53. The van der Waals surface area contributed by atoms with Gasteiger partial charge in [-0.2, -0.15) is 0 Å². The summed E-state index contributed by atoms with van der Waals surface area (Å²) in [6.45, 7) is 4.68. The Hall–Kier alpha value is -2.75. The van der Waals surface area contributed by atoms with Crippen LogP contribution in [0, 0.1) is 0 Å². The Balaban J connectivity index is 1.61. The molecule has 0 atom stereocenters. The van der Waals surface area contributed by atoms with Crippen molar-refractivity contribution in [2.45, 2.75) is 19.9 Å². The van der Waals surface area contributed by atoms with Crippen LogP contribution in [0.3, 0.4) is 0 Å². The number of aliphatic hydroxyl groups is 1. The van der Waals surface area contributed by atoms with Gasteiger partial charge < -0.3 is 5.11 Å². The van der Waals surface area contributed by atoms with Crippen molar-refractivity contribution >= 4 is 6.08 Å². The average molecular weight is 373 g/mol. The maximum Gasteiger partial charge on any atom is 0.0558 e. The molecular weight excluding hydrogens is 344 g/mol. The summed E-state index contributed by atoms with van der Waals surface area (Å²) in [5.41, 5.74) is 6.26. The van der Waals surface area contributed by atoms with Crippen LogP contribution in [0.2, 0.25) is 0 Å². The Kier molecular flexibility index (Phi) is 7.53. The summed E-state index contributed by atoms with van der Waals surface area (Å²) in [4.78, 5) is 6.45. The molecule has 144 valence electrons. The molecule has 3 nitrogen and oxygen atoms in total. The van der Waals surface area contributed by atoms with Crippen LogP contribution < -0.4 is 0 Å². The zero-order chi connectivity index (χ0) is 19.6. The zero-order valence-electron chi connectivity index (χ0n) is 16.5. The number of rotatable bonds is 9. The number of benzene rings is 2. The lowest BCUT2D eigenvalue weighted by Gasteiger charge is -2.22. The molecule has 0 spiro atoms. The summed E-state index contributed by atoms with van der Waals surface area (Å²) in [7, 11) is 0. The first-order chi connectivity index (χ1) is 13.7. The van der Waals surface area contributed by atoms with Crippen molar-refractivity contribution in [3.8, 4) is 0 Å². The van der Waals surface area contributed by atoms with E-state index in [9.17, 15) is 5.11 Å². The van der Waals surface area contributed by atoms with Crippen molar-refractivity contribution in [2.24, 2.45) is 0 Å². The van der Waals surface area contributed by atoms with E-state index in [-0.39, 0.29) is 6.61 Å². The second kappa shape index (κ2) is 10.5. The molecule has 2 aromatic carbocycles. The van der Waals surface area contributed by atoms with Crippen LogP contribution in [0.25, 0.3) is 6.08 Å². The van der Waals surface area contributed by atoms with E-state index in [1.54, 1.807) is 6.20 Å². The lowest BCUT2D eigenvalue weighted by Crippen LogP contribution is -2.28. The molecular formula is C25H28N2O. The summed E-state index contributed by atoms with van der Waals surface area (Å²) in [6.07, 6.45) is 6.85. The third kappa shape index (κ3) is 6.45. The van der Waals surface area contributed by atoms with Crippen LogP contribution in [0.1, 0.15) is 29.2 Å². The first-order valence-corrected chi connectivity index (χ1v) is 9.75. The molecule has 28 heavy (non-hydrogen) atoms. The van der Waals surface area contributed by atoms with Gasteiger partial charge in [0.1, 0.15) is 0 Å². The van der Waals surface area contributed by atoms with Crippen molar-refractivity contribution in [3.63, 3.8) is 0 Å². The fourth-order valence-electron chi connectivity index (χ4n) is 3.35. The number of pyridine rings is 1. The molecule has 0 bridgehead atoms. The van der Waals surface area contributed by atoms with Crippen LogP contribution in [-0.4, -0.2) is 34.7 Å². The minimum Gasteiger partial charge on any atom is -0.395 e.